The molecular formula is C12H18N2O2S. The molecule has 94 valence electrons. The van der Waals surface area contributed by atoms with Crippen molar-refractivity contribution in [1.82, 2.24) is 4.90 Å². The number of carbonyl (C=O) groups excluding carboxylic acids is 1. The number of hydrogen-bond acceptors (Lipinski definition) is 4. The van der Waals surface area contributed by atoms with Crippen LogP contribution < -0.4 is 5.73 Å². The van der Waals surface area contributed by atoms with Gasteiger partial charge in [0.25, 0.3) is 5.91 Å². The van der Waals surface area contributed by atoms with E-state index < -0.39 is 0 Å². The minimum atomic E-state index is -0.0155. The average Bonchev–Trinajstić information content (AvgIpc) is 2.86. The molecule has 1 aliphatic rings. The fourth-order valence-electron chi connectivity index (χ4n) is 1.89. The Morgan fingerprint density at radius 2 is 2.47 bits per heavy atom. The molecule has 1 aliphatic heterocycles. The molecule has 0 saturated carbocycles. The molecule has 1 amide bonds. The van der Waals surface area contributed by atoms with Gasteiger partial charge in [0, 0.05) is 24.5 Å². The quantitative estimate of drug-likeness (QED) is 0.879. The van der Waals surface area contributed by atoms with Crippen molar-refractivity contribution in [2.24, 2.45) is 5.73 Å². The van der Waals surface area contributed by atoms with Crippen LogP contribution in [0.2, 0.25) is 0 Å². The summed E-state index contributed by atoms with van der Waals surface area (Å²) in [5.41, 5.74) is 5.57. The molecule has 2 rings (SSSR count). The van der Waals surface area contributed by atoms with Gasteiger partial charge in [0.2, 0.25) is 0 Å². The molecule has 1 unspecified atom stereocenters. The Balaban J connectivity index is 2.03. The van der Waals surface area contributed by atoms with Crippen molar-refractivity contribution in [2.75, 3.05) is 26.2 Å². The summed E-state index contributed by atoms with van der Waals surface area (Å²) in [5, 5.41) is 0. The first-order valence-electron chi connectivity index (χ1n) is 5.94. The predicted molar refractivity (Wildman–Crippen MR) is 68.4 cm³/mol. The lowest BCUT2D eigenvalue weighted by atomic mass is 10.2. The number of thiophene rings is 1. The van der Waals surface area contributed by atoms with Gasteiger partial charge in [-0.15, -0.1) is 11.3 Å². The fraction of sp³-hybridized carbons (Fsp3) is 0.583. The molecule has 5 heteroatoms. The van der Waals surface area contributed by atoms with Crippen LogP contribution >= 0.6 is 11.3 Å². The number of hydrogen-bond donors (Lipinski definition) is 1. The molecule has 0 spiro atoms. The first kappa shape index (κ1) is 12.5. The zero-order chi connectivity index (χ0) is 12.3. The van der Waals surface area contributed by atoms with E-state index in [0.29, 0.717) is 26.2 Å². The van der Waals surface area contributed by atoms with Gasteiger partial charge in [-0.1, -0.05) is 6.92 Å². The van der Waals surface area contributed by atoms with Gasteiger partial charge in [0.05, 0.1) is 17.6 Å². The minimum Gasteiger partial charge on any atom is -0.373 e. The lowest BCUT2D eigenvalue weighted by molar-refractivity contribution is -0.0165. The first-order valence-corrected chi connectivity index (χ1v) is 6.76. The molecule has 2 heterocycles. The van der Waals surface area contributed by atoms with Crippen LogP contribution in [0.1, 0.15) is 21.5 Å². The lowest BCUT2D eigenvalue weighted by Crippen LogP contribution is -2.47. The monoisotopic (exact) mass is 254 g/mol. The molecular weight excluding hydrogens is 236 g/mol. The van der Waals surface area contributed by atoms with Gasteiger partial charge in [0.15, 0.2) is 0 Å². The zero-order valence-electron chi connectivity index (χ0n) is 10.0. The predicted octanol–water partition coefficient (Wildman–Crippen LogP) is 1.11. The van der Waals surface area contributed by atoms with Crippen LogP contribution in [0.5, 0.6) is 0 Å². The molecule has 17 heavy (non-hydrogen) atoms. The molecule has 1 fully saturated rings. The molecule has 1 aromatic rings. The van der Waals surface area contributed by atoms with Crippen LogP contribution in [0.3, 0.4) is 0 Å². The summed E-state index contributed by atoms with van der Waals surface area (Å²) in [5.74, 6) is 0.108. The van der Waals surface area contributed by atoms with Gasteiger partial charge in [0.1, 0.15) is 0 Å². The largest absolute Gasteiger partial charge is 0.373 e. The highest BCUT2D eigenvalue weighted by atomic mass is 32.1. The standard InChI is InChI=1S/C12H18N2O2S/c1-2-10-3-4-11(17-10)12(15)14-5-6-16-9(7-13)8-14/h3-4,9H,2,5-8,13H2,1H3. The average molecular weight is 254 g/mol. The highest BCUT2D eigenvalue weighted by molar-refractivity contribution is 7.14. The third-order valence-corrected chi connectivity index (χ3v) is 4.13. The van der Waals surface area contributed by atoms with E-state index in [-0.39, 0.29) is 12.0 Å². The van der Waals surface area contributed by atoms with Gasteiger partial charge >= 0.3 is 0 Å². The molecule has 1 saturated heterocycles. The normalized spacial score (nSPS) is 20.6. The van der Waals surface area contributed by atoms with E-state index in [9.17, 15) is 4.79 Å². The maximum atomic E-state index is 12.2. The summed E-state index contributed by atoms with van der Waals surface area (Å²) < 4.78 is 5.45. The number of ether oxygens (including phenoxy) is 1. The van der Waals surface area contributed by atoms with Gasteiger partial charge in [-0.25, -0.2) is 0 Å². The Kier molecular flexibility index (Phi) is 4.15. The summed E-state index contributed by atoms with van der Waals surface area (Å²) >= 11 is 1.58. The Hall–Kier alpha value is -0.910. The second kappa shape index (κ2) is 5.62. The van der Waals surface area contributed by atoms with Crippen LogP contribution in [0.25, 0.3) is 0 Å². The molecule has 1 atom stereocenters. The second-order valence-electron chi connectivity index (χ2n) is 4.10. The summed E-state index contributed by atoms with van der Waals surface area (Å²) in [4.78, 5) is 16.1. The maximum Gasteiger partial charge on any atom is 0.264 e. The molecule has 0 aliphatic carbocycles. The first-order chi connectivity index (χ1) is 8.24. The Morgan fingerprint density at radius 1 is 1.65 bits per heavy atom. The van der Waals surface area contributed by atoms with E-state index in [1.807, 2.05) is 17.0 Å². The maximum absolute atomic E-state index is 12.2. The van der Waals surface area contributed by atoms with Crippen LogP contribution in [-0.4, -0.2) is 43.2 Å². The van der Waals surface area contributed by atoms with Crippen molar-refractivity contribution in [3.05, 3.63) is 21.9 Å². The van der Waals surface area contributed by atoms with E-state index in [1.54, 1.807) is 11.3 Å². The van der Waals surface area contributed by atoms with E-state index in [1.165, 1.54) is 4.88 Å². The Morgan fingerprint density at radius 3 is 3.12 bits per heavy atom. The third-order valence-electron chi connectivity index (χ3n) is 2.91. The van der Waals surface area contributed by atoms with E-state index in [0.717, 1.165) is 11.3 Å². The third kappa shape index (κ3) is 2.86. The summed E-state index contributed by atoms with van der Waals surface area (Å²) in [7, 11) is 0. The summed E-state index contributed by atoms with van der Waals surface area (Å²) in [6.45, 7) is 4.41. The van der Waals surface area contributed by atoms with Crippen LogP contribution in [0.4, 0.5) is 0 Å². The Bertz CT molecular complexity index is 392. The number of nitrogens with two attached hydrogens (primary N) is 1. The summed E-state index contributed by atoms with van der Waals surface area (Å²) in [6.07, 6.45) is 0.963. The van der Waals surface area contributed by atoms with Crippen LogP contribution in [0.15, 0.2) is 12.1 Å². The molecule has 0 radical (unpaired) electrons. The second-order valence-corrected chi connectivity index (χ2v) is 5.27. The van der Waals surface area contributed by atoms with Gasteiger partial charge in [-0.2, -0.15) is 0 Å². The molecule has 1 aromatic heterocycles. The van der Waals surface area contributed by atoms with E-state index >= 15 is 0 Å². The van der Waals surface area contributed by atoms with Gasteiger partial charge in [-0.05, 0) is 18.6 Å². The van der Waals surface area contributed by atoms with Crippen molar-refractivity contribution in [3.63, 3.8) is 0 Å². The highest BCUT2D eigenvalue weighted by Gasteiger charge is 2.24. The number of amides is 1. The number of morpholine rings is 1. The topological polar surface area (TPSA) is 55.6 Å². The minimum absolute atomic E-state index is 0.0155. The van der Waals surface area contributed by atoms with E-state index in [2.05, 4.69) is 6.92 Å². The summed E-state index contributed by atoms with van der Waals surface area (Å²) in [6, 6.07) is 3.94. The van der Waals surface area contributed by atoms with Crippen molar-refractivity contribution in [3.8, 4) is 0 Å². The molecule has 2 N–H and O–H groups in total. The fourth-order valence-corrected chi connectivity index (χ4v) is 2.80. The Labute approximate surface area is 105 Å². The van der Waals surface area contributed by atoms with E-state index in [4.69, 9.17) is 10.5 Å². The highest BCUT2D eigenvalue weighted by Crippen LogP contribution is 2.19. The van der Waals surface area contributed by atoms with Crippen molar-refractivity contribution in [2.45, 2.75) is 19.4 Å². The van der Waals surface area contributed by atoms with Crippen molar-refractivity contribution >= 4 is 17.2 Å². The smallest absolute Gasteiger partial charge is 0.264 e. The van der Waals surface area contributed by atoms with Gasteiger partial charge < -0.3 is 15.4 Å². The SMILES string of the molecule is CCc1ccc(C(=O)N2CCOC(CN)C2)s1. The van der Waals surface area contributed by atoms with Crippen molar-refractivity contribution < 1.29 is 9.53 Å². The van der Waals surface area contributed by atoms with Crippen LogP contribution in [-0.2, 0) is 11.2 Å². The number of rotatable bonds is 3. The molecule has 0 bridgehead atoms. The molecule has 4 nitrogen and oxygen atoms in total. The number of aryl methyl sites for hydroxylation is 1. The van der Waals surface area contributed by atoms with Crippen molar-refractivity contribution in [1.29, 1.82) is 0 Å². The number of carbonyl (C=O) groups is 1. The van der Waals surface area contributed by atoms with Crippen LogP contribution in [0, 0.1) is 0 Å². The number of nitrogens with zero attached hydrogens (tertiary/aromatic N) is 1. The van der Waals surface area contributed by atoms with Gasteiger partial charge in [-0.3, -0.25) is 4.79 Å². The molecule has 0 aromatic carbocycles. The lowest BCUT2D eigenvalue weighted by Gasteiger charge is -2.32. The zero-order valence-corrected chi connectivity index (χ0v) is 10.8.